The van der Waals surface area contributed by atoms with Gasteiger partial charge in [-0.2, -0.15) is 0 Å². The van der Waals surface area contributed by atoms with Crippen molar-refractivity contribution in [3.05, 3.63) is 36.5 Å². The number of benzene rings is 1. The summed E-state index contributed by atoms with van der Waals surface area (Å²) >= 11 is 1.59. The first-order valence-corrected chi connectivity index (χ1v) is 8.42. The number of hydrogen-bond donors (Lipinski definition) is 1. The van der Waals surface area contributed by atoms with Gasteiger partial charge >= 0.3 is 0 Å². The minimum absolute atomic E-state index is 0.0356. The van der Waals surface area contributed by atoms with Crippen molar-refractivity contribution in [2.24, 2.45) is 0 Å². The lowest BCUT2D eigenvalue weighted by atomic mass is 10.1. The van der Waals surface area contributed by atoms with Gasteiger partial charge in [0.25, 0.3) is 0 Å². The number of fused-ring (bicyclic) bond motifs is 1. The average Bonchev–Trinajstić information content (AvgIpc) is 3.06. The normalized spacial score (nSPS) is 22.6. The van der Waals surface area contributed by atoms with Gasteiger partial charge in [-0.1, -0.05) is 41.7 Å². The fraction of sp³-hybridized carbons (Fsp3) is 0.375. The fourth-order valence-electron chi connectivity index (χ4n) is 3.09. The van der Waals surface area contributed by atoms with Crippen molar-refractivity contribution in [2.45, 2.75) is 6.04 Å². The van der Waals surface area contributed by atoms with E-state index in [0.29, 0.717) is 0 Å². The Labute approximate surface area is 133 Å². The molecule has 4 rings (SSSR count). The highest BCUT2D eigenvalue weighted by atomic mass is 32.1. The average molecular weight is 314 g/mol. The Bertz CT molecular complexity index is 672. The van der Waals surface area contributed by atoms with E-state index in [1.165, 1.54) is 0 Å². The summed E-state index contributed by atoms with van der Waals surface area (Å²) in [6.07, 6.45) is 1.87. The lowest BCUT2D eigenvalue weighted by Crippen LogP contribution is -2.64. The summed E-state index contributed by atoms with van der Waals surface area (Å²) < 4.78 is 0. The molecule has 2 saturated heterocycles. The van der Waals surface area contributed by atoms with E-state index in [0.717, 1.165) is 48.3 Å². The number of nitrogens with one attached hydrogen (secondary N) is 1. The van der Waals surface area contributed by atoms with E-state index < -0.39 is 0 Å². The van der Waals surface area contributed by atoms with E-state index in [1.54, 1.807) is 11.3 Å². The molecule has 1 aromatic carbocycles. The molecule has 2 aliphatic rings. The zero-order chi connectivity index (χ0) is 14.9. The molecule has 0 spiro atoms. The third kappa shape index (κ3) is 2.43. The molecule has 2 fully saturated rings. The number of nitrogens with zero attached hydrogens (tertiary/aromatic N) is 3. The number of amides is 1. The summed E-state index contributed by atoms with van der Waals surface area (Å²) in [5.41, 5.74) is 1.15. The van der Waals surface area contributed by atoms with Crippen molar-refractivity contribution in [3.8, 4) is 10.4 Å². The largest absolute Gasteiger partial charge is 0.313 e. The lowest BCUT2D eigenvalue weighted by molar-refractivity contribution is -0.126. The van der Waals surface area contributed by atoms with Gasteiger partial charge in [-0.15, -0.1) is 0 Å². The second-order valence-electron chi connectivity index (χ2n) is 5.62. The topological polar surface area (TPSA) is 48.5 Å². The van der Waals surface area contributed by atoms with Crippen LogP contribution in [-0.2, 0) is 4.79 Å². The van der Waals surface area contributed by atoms with E-state index in [2.05, 4.69) is 27.3 Å². The van der Waals surface area contributed by atoms with Crippen LogP contribution in [0.5, 0.6) is 0 Å². The maximum Gasteiger partial charge on any atom is 0.247 e. The number of anilines is 1. The standard InChI is InChI=1S/C16H18N4OS/c21-15-13-10-17-6-7-19(13)8-9-20(15)16-18-11-14(22-16)12-4-2-1-3-5-12/h1-5,11,13,17H,6-10H2/t13-/m1/s1. The van der Waals surface area contributed by atoms with Gasteiger partial charge in [0.2, 0.25) is 5.91 Å². The number of thiazole rings is 1. The van der Waals surface area contributed by atoms with Gasteiger partial charge in [-0.25, -0.2) is 4.98 Å². The van der Waals surface area contributed by atoms with Crippen LogP contribution in [-0.4, -0.2) is 54.6 Å². The Kier molecular flexibility index (Phi) is 3.65. The van der Waals surface area contributed by atoms with Crippen LogP contribution < -0.4 is 10.2 Å². The third-order valence-electron chi connectivity index (χ3n) is 4.30. The SMILES string of the molecule is O=C1[C@H]2CNCCN2CCN1c1ncc(-c2ccccc2)s1. The first kappa shape index (κ1) is 13.9. The second-order valence-corrected chi connectivity index (χ2v) is 6.63. The van der Waals surface area contributed by atoms with Crippen molar-refractivity contribution in [2.75, 3.05) is 37.6 Å². The maximum atomic E-state index is 12.7. The van der Waals surface area contributed by atoms with Crippen LogP contribution in [0.2, 0.25) is 0 Å². The highest BCUT2D eigenvalue weighted by Crippen LogP contribution is 2.32. The monoisotopic (exact) mass is 314 g/mol. The van der Waals surface area contributed by atoms with Crippen molar-refractivity contribution < 1.29 is 4.79 Å². The van der Waals surface area contributed by atoms with E-state index >= 15 is 0 Å². The number of rotatable bonds is 2. The van der Waals surface area contributed by atoms with Gasteiger partial charge in [0.05, 0.1) is 4.88 Å². The van der Waals surface area contributed by atoms with Crippen molar-refractivity contribution in [3.63, 3.8) is 0 Å². The molecule has 1 atom stereocenters. The Balaban J connectivity index is 1.57. The van der Waals surface area contributed by atoms with E-state index in [-0.39, 0.29) is 11.9 Å². The number of aromatic nitrogens is 1. The first-order valence-electron chi connectivity index (χ1n) is 7.60. The predicted molar refractivity (Wildman–Crippen MR) is 88.1 cm³/mol. The number of carbonyl (C=O) groups is 1. The molecular formula is C16H18N4OS. The molecule has 5 nitrogen and oxygen atoms in total. The number of piperazine rings is 2. The summed E-state index contributed by atoms with van der Waals surface area (Å²) in [5.74, 6) is 0.174. The Morgan fingerprint density at radius 1 is 1.18 bits per heavy atom. The zero-order valence-electron chi connectivity index (χ0n) is 12.2. The van der Waals surface area contributed by atoms with Crippen LogP contribution in [0.25, 0.3) is 10.4 Å². The second kappa shape index (κ2) is 5.79. The summed E-state index contributed by atoms with van der Waals surface area (Å²) in [4.78, 5) is 22.4. The van der Waals surface area contributed by atoms with Crippen LogP contribution in [0.15, 0.2) is 36.5 Å². The summed E-state index contributed by atoms with van der Waals surface area (Å²) in [6.45, 7) is 4.33. The number of carbonyl (C=O) groups excluding carboxylic acids is 1. The molecule has 0 radical (unpaired) electrons. The minimum Gasteiger partial charge on any atom is -0.313 e. The molecule has 114 valence electrons. The first-order chi connectivity index (χ1) is 10.8. The minimum atomic E-state index is -0.0356. The van der Waals surface area contributed by atoms with E-state index in [9.17, 15) is 4.79 Å². The molecule has 1 amide bonds. The quantitative estimate of drug-likeness (QED) is 0.911. The van der Waals surface area contributed by atoms with Crippen molar-refractivity contribution in [1.82, 2.24) is 15.2 Å². The Morgan fingerprint density at radius 2 is 2.05 bits per heavy atom. The van der Waals surface area contributed by atoms with Gasteiger partial charge in [0, 0.05) is 38.9 Å². The highest BCUT2D eigenvalue weighted by Gasteiger charge is 2.37. The summed E-state index contributed by atoms with van der Waals surface area (Å²) in [6, 6.07) is 10.2. The highest BCUT2D eigenvalue weighted by molar-refractivity contribution is 7.19. The summed E-state index contributed by atoms with van der Waals surface area (Å²) in [7, 11) is 0. The van der Waals surface area contributed by atoms with Crippen LogP contribution in [0, 0.1) is 0 Å². The van der Waals surface area contributed by atoms with Crippen molar-refractivity contribution >= 4 is 22.4 Å². The Hall–Kier alpha value is -1.76. The molecule has 1 N–H and O–H groups in total. The third-order valence-corrected chi connectivity index (χ3v) is 5.37. The van der Waals surface area contributed by atoms with Gasteiger partial charge in [-0.05, 0) is 5.56 Å². The molecule has 0 saturated carbocycles. The molecule has 0 aliphatic carbocycles. The lowest BCUT2D eigenvalue weighted by Gasteiger charge is -2.42. The number of hydrogen-bond acceptors (Lipinski definition) is 5. The molecule has 22 heavy (non-hydrogen) atoms. The molecule has 0 bridgehead atoms. The van der Waals surface area contributed by atoms with E-state index in [4.69, 9.17) is 0 Å². The molecule has 2 aliphatic heterocycles. The summed E-state index contributed by atoms with van der Waals surface area (Å²) in [5, 5.41) is 4.13. The van der Waals surface area contributed by atoms with Crippen LogP contribution >= 0.6 is 11.3 Å². The van der Waals surface area contributed by atoms with E-state index in [1.807, 2.05) is 29.3 Å². The molecule has 6 heteroatoms. The van der Waals surface area contributed by atoms with Gasteiger partial charge in [-0.3, -0.25) is 14.6 Å². The van der Waals surface area contributed by atoms with Crippen LogP contribution in [0.4, 0.5) is 5.13 Å². The molecule has 2 aromatic rings. The maximum absolute atomic E-state index is 12.7. The van der Waals surface area contributed by atoms with Crippen molar-refractivity contribution in [1.29, 1.82) is 0 Å². The fourth-order valence-corrected chi connectivity index (χ4v) is 4.04. The smallest absolute Gasteiger partial charge is 0.247 e. The van der Waals surface area contributed by atoms with Crippen LogP contribution in [0.1, 0.15) is 0 Å². The zero-order valence-corrected chi connectivity index (χ0v) is 13.1. The van der Waals surface area contributed by atoms with Gasteiger partial charge in [0.15, 0.2) is 5.13 Å². The molecule has 3 heterocycles. The van der Waals surface area contributed by atoms with Gasteiger partial charge < -0.3 is 5.32 Å². The molecule has 1 aromatic heterocycles. The van der Waals surface area contributed by atoms with Gasteiger partial charge in [0.1, 0.15) is 6.04 Å². The van der Waals surface area contributed by atoms with Crippen LogP contribution in [0.3, 0.4) is 0 Å². The Morgan fingerprint density at radius 3 is 2.91 bits per heavy atom. The predicted octanol–water partition coefficient (Wildman–Crippen LogP) is 1.43. The molecular weight excluding hydrogens is 296 g/mol. The molecule has 0 unspecified atom stereocenters.